The fourth-order valence-electron chi connectivity index (χ4n) is 1.29. The summed E-state index contributed by atoms with van der Waals surface area (Å²) in [6.45, 7) is 0. The first-order valence-corrected chi connectivity index (χ1v) is 5.98. The van der Waals surface area contributed by atoms with Crippen LogP contribution in [0.3, 0.4) is 0 Å². The van der Waals surface area contributed by atoms with Crippen LogP contribution in [0.2, 0.25) is 0 Å². The van der Waals surface area contributed by atoms with Crippen LogP contribution in [0.4, 0.5) is 0 Å². The Morgan fingerprint density at radius 3 is 2.07 bits per heavy atom. The van der Waals surface area contributed by atoms with E-state index in [1.165, 1.54) is 0 Å². The fraction of sp³-hybridized carbons (Fsp3) is 0.444. The van der Waals surface area contributed by atoms with Crippen LogP contribution in [-0.4, -0.2) is 42.5 Å². The lowest BCUT2D eigenvalue weighted by Gasteiger charge is -2.29. The number of hydrogen-bond donors (Lipinski definition) is 0. The first kappa shape index (κ1) is 11.4. The first-order chi connectivity index (χ1) is 6.49. The highest BCUT2D eigenvalue weighted by molar-refractivity contribution is 7.66. The first-order valence-electron chi connectivity index (χ1n) is 4.37. The standard InChI is InChI=1S/C9H16N3OP/c1-11(2)14(13,12(3)4)9-7-5-6-8-10-9/h5-8H,1-4H3. The van der Waals surface area contributed by atoms with Crippen molar-refractivity contribution in [2.45, 2.75) is 0 Å². The second kappa shape index (κ2) is 4.22. The van der Waals surface area contributed by atoms with Gasteiger partial charge in [-0.1, -0.05) is 6.07 Å². The molecule has 1 rings (SSSR count). The van der Waals surface area contributed by atoms with E-state index in [4.69, 9.17) is 0 Å². The number of rotatable bonds is 3. The summed E-state index contributed by atoms with van der Waals surface area (Å²) in [7, 11) is 4.54. The van der Waals surface area contributed by atoms with E-state index in [2.05, 4.69) is 4.98 Å². The molecule has 0 aliphatic carbocycles. The third-order valence-corrected chi connectivity index (χ3v) is 5.06. The summed E-state index contributed by atoms with van der Waals surface area (Å²) in [4.78, 5) is 4.15. The van der Waals surface area contributed by atoms with Crippen molar-refractivity contribution in [2.24, 2.45) is 0 Å². The molecule has 0 bridgehead atoms. The lowest BCUT2D eigenvalue weighted by molar-refractivity contribution is 0.459. The van der Waals surface area contributed by atoms with Crippen molar-refractivity contribution in [1.82, 2.24) is 14.3 Å². The Labute approximate surface area is 85.0 Å². The molecule has 0 saturated heterocycles. The number of aromatic nitrogens is 1. The van der Waals surface area contributed by atoms with Crippen molar-refractivity contribution in [3.05, 3.63) is 24.4 Å². The van der Waals surface area contributed by atoms with Gasteiger partial charge in [-0.25, -0.2) is 9.34 Å². The van der Waals surface area contributed by atoms with E-state index in [9.17, 15) is 4.57 Å². The SMILES string of the molecule is CN(C)P(=O)(c1ccccn1)N(C)C. The van der Waals surface area contributed by atoms with E-state index in [1.54, 1.807) is 49.8 Å². The summed E-state index contributed by atoms with van der Waals surface area (Å²) in [5, 5.41) is 0. The van der Waals surface area contributed by atoms with Gasteiger partial charge in [-0.05, 0) is 40.3 Å². The van der Waals surface area contributed by atoms with Crippen LogP contribution < -0.4 is 5.44 Å². The van der Waals surface area contributed by atoms with Crippen LogP contribution in [0.5, 0.6) is 0 Å². The zero-order chi connectivity index (χ0) is 10.8. The summed E-state index contributed by atoms with van der Waals surface area (Å²) < 4.78 is 16.0. The van der Waals surface area contributed by atoms with Crippen LogP contribution in [0, 0.1) is 0 Å². The number of hydrogen-bond acceptors (Lipinski definition) is 2. The Hall–Kier alpha value is -0.700. The van der Waals surface area contributed by atoms with Crippen molar-refractivity contribution in [3.63, 3.8) is 0 Å². The van der Waals surface area contributed by atoms with Gasteiger partial charge in [0.05, 0.1) is 0 Å². The molecule has 4 nitrogen and oxygen atoms in total. The van der Waals surface area contributed by atoms with Crippen LogP contribution in [-0.2, 0) is 4.57 Å². The van der Waals surface area contributed by atoms with E-state index in [1.807, 2.05) is 12.1 Å². The Kier molecular flexibility index (Phi) is 3.43. The van der Waals surface area contributed by atoms with Gasteiger partial charge in [-0.3, -0.25) is 9.55 Å². The molecule has 0 amide bonds. The van der Waals surface area contributed by atoms with Crippen LogP contribution >= 0.6 is 7.44 Å². The molecule has 14 heavy (non-hydrogen) atoms. The molecule has 1 heterocycles. The largest absolute Gasteiger partial charge is 0.282 e. The van der Waals surface area contributed by atoms with E-state index in [0.29, 0.717) is 5.44 Å². The minimum Gasteiger partial charge on any atom is -0.282 e. The van der Waals surface area contributed by atoms with Gasteiger partial charge >= 0.3 is 0 Å². The smallest absolute Gasteiger partial charge is 0.262 e. The molecule has 0 aromatic carbocycles. The Morgan fingerprint density at radius 1 is 1.14 bits per heavy atom. The lowest BCUT2D eigenvalue weighted by atomic mass is 10.5. The molecule has 0 aliphatic heterocycles. The normalized spacial score (nSPS) is 12.4. The van der Waals surface area contributed by atoms with E-state index in [0.717, 1.165) is 0 Å². The molecule has 0 N–H and O–H groups in total. The topological polar surface area (TPSA) is 36.4 Å². The van der Waals surface area contributed by atoms with Gasteiger partial charge in [0.1, 0.15) is 5.44 Å². The molecule has 0 fully saturated rings. The van der Waals surface area contributed by atoms with Gasteiger partial charge in [0.25, 0.3) is 7.44 Å². The molecule has 5 heteroatoms. The minimum absolute atomic E-state index is 0.620. The predicted octanol–water partition coefficient (Wildman–Crippen LogP) is 1.02. The molecule has 0 atom stereocenters. The molecular formula is C9H16N3OP. The Morgan fingerprint density at radius 2 is 1.71 bits per heavy atom. The Bertz CT molecular complexity index is 325. The van der Waals surface area contributed by atoms with Crippen molar-refractivity contribution >= 4 is 12.9 Å². The maximum absolute atomic E-state index is 12.6. The highest BCUT2D eigenvalue weighted by Gasteiger charge is 2.31. The van der Waals surface area contributed by atoms with Crippen molar-refractivity contribution in [2.75, 3.05) is 28.2 Å². The molecule has 1 aromatic rings. The van der Waals surface area contributed by atoms with Gasteiger partial charge in [-0.15, -0.1) is 0 Å². The van der Waals surface area contributed by atoms with Gasteiger partial charge in [0.15, 0.2) is 0 Å². The zero-order valence-corrected chi connectivity index (χ0v) is 9.90. The maximum atomic E-state index is 12.6. The molecule has 0 saturated carbocycles. The molecule has 78 valence electrons. The van der Waals surface area contributed by atoms with Gasteiger partial charge in [-0.2, -0.15) is 0 Å². The average molecular weight is 213 g/mol. The van der Waals surface area contributed by atoms with Crippen LogP contribution in [0.1, 0.15) is 0 Å². The third kappa shape index (κ3) is 1.87. The van der Waals surface area contributed by atoms with Crippen molar-refractivity contribution < 1.29 is 4.57 Å². The van der Waals surface area contributed by atoms with E-state index >= 15 is 0 Å². The average Bonchev–Trinajstić information content (AvgIpc) is 2.17. The summed E-state index contributed by atoms with van der Waals surface area (Å²) >= 11 is 0. The molecule has 1 aromatic heterocycles. The highest BCUT2D eigenvalue weighted by atomic mass is 31.2. The molecule has 0 spiro atoms. The molecule has 0 unspecified atom stereocenters. The third-order valence-electron chi connectivity index (χ3n) is 2.03. The monoisotopic (exact) mass is 213 g/mol. The van der Waals surface area contributed by atoms with Crippen LogP contribution in [0.15, 0.2) is 24.4 Å². The minimum atomic E-state index is -2.66. The maximum Gasteiger partial charge on any atom is 0.262 e. The number of nitrogens with zero attached hydrogens (tertiary/aromatic N) is 3. The highest BCUT2D eigenvalue weighted by Crippen LogP contribution is 2.47. The van der Waals surface area contributed by atoms with E-state index < -0.39 is 7.44 Å². The van der Waals surface area contributed by atoms with Crippen molar-refractivity contribution in [1.29, 1.82) is 0 Å². The van der Waals surface area contributed by atoms with Gasteiger partial charge < -0.3 is 0 Å². The molecular weight excluding hydrogens is 197 g/mol. The second-order valence-corrected chi connectivity index (χ2v) is 6.57. The van der Waals surface area contributed by atoms with Gasteiger partial charge in [0, 0.05) is 6.20 Å². The van der Waals surface area contributed by atoms with Crippen molar-refractivity contribution in [3.8, 4) is 0 Å². The summed E-state index contributed by atoms with van der Waals surface area (Å²) in [5.41, 5.74) is 0.620. The Balaban J connectivity index is 3.21. The van der Waals surface area contributed by atoms with Gasteiger partial charge in [0.2, 0.25) is 0 Å². The quantitative estimate of drug-likeness (QED) is 0.702. The summed E-state index contributed by atoms with van der Waals surface area (Å²) in [5.74, 6) is 0. The second-order valence-electron chi connectivity index (χ2n) is 3.43. The lowest BCUT2D eigenvalue weighted by Crippen LogP contribution is -2.30. The predicted molar refractivity (Wildman–Crippen MR) is 58.9 cm³/mol. The fourth-order valence-corrected chi connectivity index (χ4v) is 3.33. The van der Waals surface area contributed by atoms with E-state index in [-0.39, 0.29) is 0 Å². The molecule has 0 radical (unpaired) electrons. The molecule has 0 aliphatic rings. The summed E-state index contributed by atoms with van der Waals surface area (Å²) in [6, 6.07) is 5.46. The van der Waals surface area contributed by atoms with Crippen LogP contribution in [0.25, 0.3) is 0 Å². The zero-order valence-electron chi connectivity index (χ0n) is 9.01. The number of pyridine rings is 1. The summed E-state index contributed by atoms with van der Waals surface area (Å²) in [6.07, 6.45) is 1.66.